The first-order valence-electron chi connectivity index (χ1n) is 5.28. The quantitative estimate of drug-likeness (QED) is 0.819. The number of rotatable bonds is 5. The van der Waals surface area contributed by atoms with Gasteiger partial charge in [-0.05, 0) is 12.1 Å². The summed E-state index contributed by atoms with van der Waals surface area (Å²) in [5.74, 6) is -4.57. The first-order chi connectivity index (χ1) is 9.10. The number of methoxy groups -OCH3 is 1. The third-order valence-corrected chi connectivity index (χ3v) is 2.44. The highest BCUT2D eigenvalue weighted by molar-refractivity contribution is 5.43. The molecule has 0 spiro atoms. The van der Waals surface area contributed by atoms with Crippen molar-refractivity contribution in [2.24, 2.45) is 5.73 Å². The van der Waals surface area contributed by atoms with Crippen LogP contribution in [0.15, 0.2) is 18.2 Å². The molecule has 0 aliphatic heterocycles. The molecule has 20 heavy (non-hydrogen) atoms. The van der Waals surface area contributed by atoms with Gasteiger partial charge in [0.1, 0.15) is 24.1 Å². The minimum absolute atomic E-state index is 0.249. The molecule has 1 aromatic carbocycles. The number of hydrogen-bond acceptors (Lipinski definition) is 4. The maximum atomic E-state index is 13.3. The Kier molecular flexibility index (Phi) is 4.77. The fraction of sp³-hybridized carbons (Fsp3) is 0.455. The summed E-state index contributed by atoms with van der Waals surface area (Å²) >= 11 is 0. The smallest absolute Gasteiger partial charge is 0.496 e. The maximum absolute atomic E-state index is 13.3. The molecule has 1 rings (SSSR count). The maximum Gasteiger partial charge on any atom is 0.573 e. The molecular formula is C11H12F5NO3. The molecule has 0 aliphatic rings. The summed E-state index contributed by atoms with van der Waals surface area (Å²) in [6, 6.07) is 0.616. The van der Waals surface area contributed by atoms with Gasteiger partial charge in [-0.3, -0.25) is 0 Å². The van der Waals surface area contributed by atoms with Crippen molar-refractivity contribution < 1.29 is 36.5 Å². The standard InChI is InChI=1S/C11H12F5NO3/c1-19-8-4-6(20-11(14,15)16)2-3-7(8)9(17)10(12,13)5-18/h2-4,9,18H,5,17H2,1H3/t9-/m0/s1. The number of ether oxygens (including phenoxy) is 2. The zero-order valence-corrected chi connectivity index (χ0v) is 10.2. The van der Waals surface area contributed by atoms with Crippen LogP contribution in [0.25, 0.3) is 0 Å². The Morgan fingerprint density at radius 2 is 1.85 bits per heavy atom. The molecule has 0 heterocycles. The Balaban J connectivity index is 3.11. The molecule has 3 N–H and O–H groups in total. The second-order valence-electron chi connectivity index (χ2n) is 3.85. The molecule has 114 valence electrons. The van der Waals surface area contributed by atoms with Gasteiger partial charge < -0.3 is 20.3 Å². The number of alkyl halides is 5. The van der Waals surface area contributed by atoms with E-state index in [-0.39, 0.29) is 11.3 Å². The molecule has 0 unspecified atom stereocenters. The number of aliphatic hydroxyl groups excluding tert-OH is 1. The molecular weight excluding hydrogens is 289 g/mol. The molecule has 1 atom stereocenters. The summed E-state index contributed by atoms with van der Waals surface area (Å²) in [4.78, 5) is 0. The lowest BCUT2D eigenvalue weighted by molar-refractivity contribution is -0.274. The van der Waals surface area contributed by atoms with E-state index in [9.17, 15) is 22.0 Å². The molecule has 0 amide bonds. The van der Waals surface area contributed by atoms with Gasteiger partial charge in [-0.15, -0.1) is 13.2 Å². The number of aliphatic hydroxyl groups is 1. The first kappa shape index (κ1) is 16.4. The van der Waals surface area contributed by atoms with E-state index in [0.717, 1.165) is 25.3 Å². The van der Waals surface area contributed by atoms with Gasteiger partial charge in [0.15, 0.2) is 0 Å². The Hall–Kier alpha value is -1.61. The zero-order valence-electron chi connectivity index (χ0n) is 10.2. The number of halogens is 5. The highest BCUT2D eigenvalue weighted by Gasteiger charge is 2.39. The fourth-order valence-electron chi connectivity index (χ4n) is 1.47. The van der Waals surface area contributed by atoms with Gasteiger partial charge in [0.2, 0.25) is 0 Å². The van der Waals surface area contributed by atoms with Crippen molar-refractivity contribution in [1.82, 2.24) is 0 Å². The number of benzene rings is 1. The minimum Gasteiger partial charge on any atom is -0.496 e. The van der Waals surface area contributed by atoms with Crippen LogP contribution in [0, 0.1) is 0 Å². The molecule has 0 saturated heterocycles. The van der Waals surface area contributed by atoms with Crippen molar-refractivity contribution in [3.05, 3.63) is 23.8 Å². The van der Waals surface area contributed by atoms with Gasteiger partial charge in [0.25, 0.3) is 5.92 Å². The summed E-state index contributed by atoms with van der Waals surface area (Å²) in [6.07, 6.45) is -4.91. The Labute approximate surface area is 110 Å². The minimum atomic E-state index is -4.91. The van der Waals surface area contributed by atoms with Crippen molar-refractivity contribution in [3.63, 3.8) is 0 Å². The van der Waals surface area contributed by atoms with Crippen LogP contribution < -0.4 is 15.2 Å². The SMILES string of the molecule is COc1cc(OC(F)(F)F)ccc1[C@H](N)C(F)(F)CO. The van der Waals surface area contributed by atoms with Crippen LogP contribution in [0.2, 0.25) is 0 Å². The fourth-order valence-corrected chi connectivity index (χ4v) is 1.47. The molecule has 0 aliphatic carbocycles. The molecule has 0 bridgehead atoms. The molecule has 0 radical (unpaired) electrons. The molecule has 9 heteroatoms. The van der Waals surface area contributed by atoms with Crippen molar-refractivity contribution in [1.29, 1.82) is 0 Å². The lowest BCUT2D eigenvalue weighted by Gasteiger charge is -2.23. The van der Waals surface area contributed by atoms with Crippen molar-refractivity contribution in [2.75, 3.05) is 13.7 Å². The first-order valence-corrected chi connectivity index (χ1v) is 5.28. The van der Waals surface area contributed by atoms with Crippen LogP contribution in [-0.2, 0) is 0 Å². The van der Waals surface area contributed by atoms with Crippen LogP contribution in [-0.4, -0.2) is 31.1 Å². The van der Waals surface area contributed by atoms with E-state index >= 15 is 0 Å². The van der Waals surface area contributed by atoms with Crippen LogP contribution >= 0.6 is 0 Å². The third kappa shape index (κ3) is 3.94. The van der Waals surface area contributed by atoms with Crippen LogP contribution in [0.1, 0.15) is 11.6 Å². The Morgan fingerprint density at radius 3 is 2.30 bits per heavy atom. The largest absolute Gasteiger partial charge is 0.573 e. The van der Waals surface area contributed by atoms with Crippen LogP contribution in [0.3, 0.4) is 0 Å². The van der Waals surface area contributed by atoms with Gasteiger partial charge >= 0.3 is 6.36 Å². The van der Waals surface area contributed by atoms with E-state index < -0.39 is 30.7 Å². The summed E-state index contributed by atoms with van der Waals surface area (Å²) in [5, 5.41) is 8.55. The summed E-state index contributed by atoms with van der Waals surface area (Å²) in [7, 11) is 1.08. The number of hydrogen-bond donors (Lipinski definition) is 2. The van der Waals surface area contributed by atoms with E-state index in [0.29, 0.717) is 0 Å². The Bertz CT molecular complexity index is 464. The summed E-state index contributed by atoms with van der Waals surface area (Å²) < 4.78 is 71.0. The van der Waals surface area contributed by atoms with Crippen LogP contribution in [0.4, 0.5) is 22.0 Å². The average Bonchev–Trinajstić information content (AvgIpc) is 2.35. The van der Waals surface area contributed by atoms with Gasteiger partial charge in [-0.1, -0.05) is 0 Å². The highest BCUT2D eigenvalue weighted by atomic mass is 19.4. The van der Waals surface area contributed by atoms with Gasteiger partial charge in [-0.25, -0.2) is 8.78 Å². The van der Waals surface area contributed by atoms with E-state index in [4.69, 9.17) is 15.6 Å². The predicted octanol–water partition coefficient (Wildman–Crippen LogP) is 2.22. The lowest BCUT2D eigenvalue weighted by Crippen LogP contribution is -2.36. The van der Waals surface area contributed by atoms with Gasteiger partial charge in [-0.2, -0.15) is 0 Å². The van der Waals surface area contributed by atoms with Crippen molar-refractivity contribution >= 4 is 0 Å². The predicted molar refractivity (Wildman–Crippen MR) is 58.6 cm³/mol. The van der Waals surface area contributed by atoms with E-state index in [1.165, 1.54) is 0 Å². The van der Waals surface area contributed by atoms with Crippen molar-refractivity contribution in [2.45, 2.75) is 18.3 Å². The molecule has 1 aromatic rings. The Morgan fingerprint density at radius 1 is 1.25 bits per heavy atom. The van der Waals surface area contributed by atoms with Crippen LogP contribution in [0.5, 0.6) is 11.5 Å². The lowest BCUT2D eigenvalue weighted by atomic mass is 10.0. The topological polar surface area (TPSA) is 64.7 Å². The number of nitrogens with two attached hydrogens (primary N) is 1. The van der Waals surface area contributed by atoms with E-state index in [1.54, 1.807) is 0 Å². The van der Waals surface area contributed by atoms with E-state index in [2.05, 4.69) is 4.74 Å². The van der Waals surface area contributed by atoms with Gasteiger partial charge in [0.05, 0.1) is 7.11 Å². The molecule has 0 fully saturated rings. The normalized spacial score (nSPS) is 14.0. The molecule has 0 aromatic heterocycles. The van der Waals surface area contributed by atoms with Crippen molar-refractivity contribution in [3.8, 4) is 11.5 Å². The second-order valence-corrected chi connectivity index (χ2v) is 3.85. The van der Waals surface area contributed by atoms with E-state index in [1.807, 2.05) is 0 Å². The average molecular weight is 301 g/mol. The summed E-state index contributed by atoms with van der Waals surface area (Å²) in [6.45, 7) is -1.50. The zero-order chi connectivity index (χ0) is 15.6. The monoisotopic (exact) mass is 301 g/mol. The summed E-state index contributed by atoms with van der Waals surface area (Å²) in [5.41, 5.74) is 5.03. The third-order valence-electron chi connectivity index (χ3n) is 2.44. The highest BCUT2D eigenvalue weighted by Crippen LogP contribution is 2.37. The van der Waals surface area contributed by atoms with Gasteiger partial charge in [0, 0.05) is 11.6 Å². The molecule has 0 saturated carbocycles. The molecule has 4 nitrogen and oxygen atoms in total. The second kappa shape index (κ2) is 5.80.